The third-order valence-electron chi connectivity index (χ3n) is 3.51. The molecule has 0 saturated carbocycles. The molecular formula is C14H32N2O5SSi. The van der Waals surface area contributed by atoms with Crippen LogP contribution in [0.2, 0.25) is 18.1 Å². The normalized spacial score (nSPS) is 14.0. The summed E-state index contributed by atoms with van der Waals surface area (Å²) in [5.74, 6) is 0. The van der Waals surface area contributed by atoms with Gasteiger partial charge in [0.2, 0.25) is 8.32 Å². The van der Waals surface area contributed by atoms with Crippen molar-refractivity contribution in [2.45, 2.75) is 85.2 Å². The molecule has 0 rings (SSSR count). The first kappa shape index (κ1) is 22.4. The van der Waals surface area contributed by atoms with Gasteiger partial charge in [-0.15, -0.1) is 0 Å². The van der Waals surface area contributed by atoms with Gasteiger partial charge in [-0.25, -0.2) is 4.79 Å². The molecule has 0 fully saturated rings. The Morgan fingerprint density at radius 3 is 1.83 bits per heavy atom. The van der Waals surface area contributed by atoms with E-state index in [2.05, 4.69) is 4.89 Å². The van der Waals surface area contributed by atoms with Gasteiger partial charge in [0.1, 0.15) is 5.60 Å². The summed E-state index contributed by atoms with van der Waals surface area (Å²) < 4.78 is 36.3. The fourth-order valence-electron chi connectivity index (χ4n) is 1.24. The first-order valence-corrected chi connectivity index (χ1v) is 12.0. The molecular weight excluding hydrogens is 336 g/mol. The van der Waals surface area contributed by atoms with E-state index < -0.39 is 36.3 Å². The second-order valence-corrected chi connectivity index (χ2v) is 14.6. The third kappa shape index (κ3) is 6.78. The van der Waals surface area contributed by atoms with Gasteiger partial charge in [-0.2, -0.15) is 12.7 Å². The maximum absolute atomic E-state index is 12.5. The van der Waals surface area contributed by atoms with Crippen LogP contribution in [-0.2, 0) is 19.5 Å². The quantitative estimate of drug-likeness (QED) is 0.594. The Morgan fingerprint density at radius 2 is 1.52 bits per heavy atom. The minimum atomic E-state index is -4.17. The molecule has 0 aromatic heterocycles. The van der Waals surface area contributed by atoms with Gasteiger partial charge in [0.15, 0.2) is 0 Å². The van der Waals surface area contributed by atoms with E-state index >= 15 is 0 Å². The van der Waals surface area contributed by atoms with Crippen molar-refractivity contribution in [2.75, 3.05) is 0 Å². The number of nitrogens with one attached hydrogen (secondary N) is 1. The van der Waals surface area contributed by atoms with Crippen molar-refractivity contribution in [3.8, 4) is 0 Å². The van der Waals surface area contributed by atoms with E-state index in [1.54, 1.807) is 34.6 Å². The lowest BCUT2D eigenvalue weighted by Crippen LogP contribution is -2.53. The van der Waals surface area contributed by atoms with E-state index in [4.69, 9.17) is 9.26 Å². The van der Waals surface area contributed by atoms with Crippen molar-refractivity contribution in [3.05, 3.63) is 0 Å². The van der Waals surface area contributed by atoms with Crippen LogP contribution >= 0.6 is 0 Å². The molecule has 0 atom stereocenters. The second kappa shape index (κ2) is 7.08. The highest BCUT2D eigenvalue weighted by atomic mass is 32.2. The van der Waals surface area contributed by atoms with Gasteiger partial charge >= 0.3 is 16.3 Å². The van der Waals surface area contributed by atoms with E-state index in [1.807, 2.05) is 33.9 Å². The van der Waals surface area contributed by atoms with Crippen molar-refractivity contribution in [1.29, 1.82) is 0 Å². The molecule has 0 radical (unpaired) electrons. The van der Waals surface area contributed by atoms with E-state index in [0.717, 1.165) is 0 Å². The molecule has 1 N–H and O–H groups in total. The summed E-state index contributed by atoms with van der Waals surface area (Å²) in [6.45, 7) is 18.0. The first-order chi connectivity index (χ1) is 9.91. The van der Waals surface area contributed by atoms with Gasteiger partial charge in [0, 0.05) is 6.04 Å². The molecule has 7 nitrogen and oxygen atoms in total. The van der Waals surface area contributed by atoms with Gasteiger partial charge in [-0.05, 0) is 52.8 Å². The number of rotatable bonds is 5. The van der Waals surface area contributed by atoms with E-state index in [0.29, 0.717) is 4.31 Å². The summed E-state index contributed by atoms with van der Waals surface area (Å²) in [4.78, 5) is 14.3. The second-order valence-electron chi connectivity index (χ2n) is 8.32. The highest BCUT2D eigenvalue weighted by molar-refractivity contribution is 7.87. The average molecular weight is 369 g/mol. The number of nitrogens with zero attached hydrogens (tertiary/aromatic N) is 1. The molecule has 0 aromatic carbocycles. The zero-order chi connectivity index (χ0) is 18.9. The molecule has 0 bridgehead atoms. The minimum Gasteiger partial charge on any atom is -0.443 e. The lowest BCUT2D eigenvalue weighted by molar-refractivity contribution is 0.0345. The topological polar surface area (TPSA) is 84.9 Å². The molecule has 0 unspecified atom stereocenters. The Kier molecular flexibility index (Phi) is 6.88. The number of hydrogen-bond acceptors (Lipinski definition) is 5. The van der Waals surface area contributed by atoms with E-state index in [1.165, 1.54) is 0 Å². The third-order valence-corrected chi connectivity index (χ3v) is 9.26. The number of amides is 1. The molecule has 1 amide bonds. The largest absolute Gasteiger partial charge is 0.443 e. The van der Waals surface area contributed by atoms with Gasteiger partial charge in [-0.3, -0.25) is 0 Å². The molecule has 0 saturated heterocycles. The molecule has 0 heterocycles. The summed E-state index contributed by atoms with van der Waals surface area (Å²) in [7, 11) is -6.51. The summed E-state index contributed by atoms with van der Waals surface area (Å²) in [5, 5.41) is -0.176. The van der Waals surface area contributed by atoms with Crippen molar-refractivity contribution >= 4 is 24.6 Å². The summed E-state index contributed by atoms with van der Waals surface area (Å²) in [6, 6.07) is -0.606. The Balaban J connectivity index is 5.31. The Bertz CT molecular complexity index is 518. The zero-order valence-electron chi connectivity index (χ0n) is 16.0. The van der Waals surface area contributed by atoms with Crippen molar-refractivity contribution < 1.29 is 22.5 Å². The Hall–Kier alpha value is -0.643. The molecule has 0 aliphatic heterocycles. The van der Waals surface area contributed by atoms with Crippen LogP contribution in [0, 0.1) is 0 Å². The zero-order valence-corrected chi connectivity index (χ0v) is 17.8. The minimum absolute atomic E-state index is 0.176. The summed E-state index contributed by atoms with van der Waals surface area (Å²) in [6.07, 6.45) is -0.932. The molecule has 138 valence electrons. The van der Waals surface area contributed by atoms with Crippen molar-refractivity contribution in [3.63, 3.8) is 0 Å². The predicted octanol–water partition coefficient (Wildman–Crippen LogP) is 3.40. The van der Waals surface area contributed by atoms with Crippen molar-refractivity contribution in [1.82, 2.24) is 9.19 Å². The monoisotopic (exact) mass is 368 g/mol. The lowest BCUT2D eigenvalue weighted by atomic mass is 10.2. The van der Waals surface area contributed by atoms with E-state index in [-0.39, 0.29) is 5.04 Å². The molecule has 0 aromatic rings. The molecule has 9 heteroatoms. The number of ether oxygens (including phenoxy) is 1. The highest BCUT2D eigenvalue weighted by Crippen LogP contribution is 2.36. The van der Waals surface area contributed by atoms with E-state index in [9.17, 15) is 13.2 Å². The molecule has 0 spiro atoms. The van der Waals surface area contributed by atoms with Crippen LogP contribution in [-0.4, -0.2) is 38.8 Å². The SMILES string of the molecule is CC(C)N(C(=O)OC(C)(C)C)S(=O)(=O)NO[Si](C)(C)C(C)(C)C. The smallest absolute Gasteiger partial charge is 0.425 e. The van der Waals surface area contributed by atoms with Gasteiger partial charge in [0.25, 0.3) is 0 Å². The van der Waals surface area contributed by atoms with Crippen LogP contribution in [0.5, 0.6) is 0 Å². The van der Waals surface area contributed by atoms with Gasteiger partial charge < -0.3 is 9.26 Å². The fourth-order valence-corrected chi connectivity index (χ4v) is 3.67. The molecule has 0 aliphatic carbocycles. The van der Waals surface area contributed by atoms with Crippen LogP contribution in [0.25, 0.3) is 0 Å². The van der Waals surface area contributed by atoms with Crippen LogP contribution in [0.4, 0.5) is 4.79 Å². The van der Waals surface area contributed by atoms with Gasteiger partial charge in [0.05, 0.1) is 0 Å². The number of hydrogen-bond donors (Lipinski definition) is 1. The highest BCUT2D eigenvalue weighted by Gasteiger charge is 2.41. The van der Waals surface area contributed by atoms with Crippen molar-refractivity contribution in [2.24, 2.45) is 0 Å². The average Bonchev–Trinajstić information content (AvgIpc) is 2.21. The maximum atomic E-state index is 12.5. The maximum Gasteiger partial charge on any atom is 0.425 e. The standard InChI is InChI=1S/C14H32N2O5SSi/c1-11(2)16(12(17)20-13(3,4)5)22(18,19)15-21-23(9,10)14(6,7)8/h11,15H,1-10H3. The van der Waals surface area contributed by atoms with Crippen LogP contribution < -0.4 is 4.89 Å². The first-order valence-electron chi connectivity index (χ1n) is 7.63. The van der Waals surface area contributed by atoms with Gasteiger partial charge in [-0.1, -0.05) is 25.7 Å². The Labute approximate surface area is 142 Å². The molecule has 23 heavy (non-hydrogen) atoms. The van der Waals surface area contributed by atoms with Crippen LogP contribution in [0.3, 0.4) is 0 Å². The summed E-state index contributed by atoms with van der Waals surface area (Å²) >= 11 is 0. The Morgan fingerprint density at radius 1 is 1.09 bits per heavy atom. The van der Waals surface area contributed by atoms with Crippen LogP contribution in [0.1, 0.15) is 55.4 Å². The number of carbonyl (C=O) groups is 1. The summed E-state index contributed by atoms with van der Waals surface area (Å²) in [5.41, 5.74) is -0.792. The molecule has 0 aliphatic rings. The fraction of sp³-hybridized carbons (Fsp3) is 0.929. The van der Waals surface area contributed by atoms with Crippen LogP contribution in [0.15, 0.2) is 0 Å². The predicted molar refractivity (Wildman–Crippen MR) is 93.5 cm³/mol. The number of carbonyl (C=O) groups excluding carboxylic acids is 1. The lowest BCUT2D eigenvalue weighted by Gasteiger charge is -2.36.